The summed E-state index contributed by atoms with van der Waals surface area (Å²) >= 11 is 0. The number of hydrogen-bond acceptors (Lipinski definition) is 3. The van der Waals surface area contributed by atoms with E-state index < -0.39 is 5.97 Å². The smallest absolute Gasteiger partial charge is 0.340 e. The summed E-state index contributed by atoms with van der Waals surface area (Å²) in [5.74, 6) is -1.14. The third-order valence-corrected chi connectivity index (χ3v) is 1.72. The summed E-state index contributed by atoms with van der Waals surface area (Å²) < 4.78 is 17.0. The molecular weight excluding hydrogens is 213 g/mol. The molecule has 0 heterocycles. The van der Waals surface area contributed by atoms with Gasteiger partial charge in [0.25, 0.3) is 0 Å². The monoisotopic (exact) mass is 221 g/mol. The Hall–Kier alpha value is -2.33. The van der Waals surface area contributed by atoms with Crippen LogP contribution < -0.4 is 0 Å². The summed E-state index contributed by atoms with van der Waals surface area (Å²) in [6.07, 6.45) is 1.31. The maximum absolute atomic E-state index is 12.6. The molecule has 6 heteroatoms. The molecule has 0 atom stereocenters. The fourth-order valence-corrected chi connectivity index (χ4v) is 0.998. The molecule has 0 bridgehead atoms. The number of halogens is 1. The Morgan fingerprint density at radius 3 is 2.62 bits per heavy atom. The van der Waals surface area contributed by atoms with Crippen molar-refractivity contribution >= 4 is 12.0 Å². The van der Waals surface area contributed by atoms with Gasteiger partial charge in [-0.3, -0.25) is 0 Å². The van der Waals surface area contributed by atoms with E-state index in [1.165, 1.54) is 37.5 Å². The van der Waals surface area contributed by atoms with Gasteiger partial charge in [-0.1, -0.05) is 17.2 Å². The van der Waals surface area contributed by atoms with Crippen molar-refractivity contribution in [3.05, 3.63) is 51.8 Å². The minimum atomic E-state index is -0.748. The average Bonchev–Trinajstić information content (AvgIpc) is 2.30. The molecule has 0 aliphatic heterocycles. The second-order valence-corrected chi connectivity index (χ2v) is 2.76. The first-order chi connectivity index (χ1) is 7.67. The Morgan fingerprint density at radius 1 is 1.50 bits per heavy atom. The largest absolute Gasteiger partial charge is 0.466 e. The van der Waals surface area contributed by atoms with E-state index >= 15 is 0 Å². The van der Waals surface area contributed by atoms with Crippen molar-refractivity contribution < 1.29 is 13.9 Å². The molecule has 0 fully saturated rings. The van der Waals surface area contributed by atoms with E-state index in [1.54, 1.807) is 0 Å². The van der Waals surface area contributed by atoms with Crippen LogP contribution in [0.4, 0.5) is 4.39 Å². The fourth-order valence-electron chi connectivity index (χ4n) is 0.998. The van der Waals surface area contributed by atoms with Crippen molar-refractivity contribution in [2.24, 2.45) is 5.11 Å². The van der Waals surface area contributed by atoms with Crippen LogP contribution in [0.5, 0.6) is 0 Å². The normalized spacial score (nSPS) is 10.5. The Balaban J connectivity index is 3.06. The standard InChI is InChI=1S/C10H8FN3O2/c1-16-10(15)9(13-14-12)6-7-2-4-8(11)5-3-7/h2-6H,1H3/b9-6-. The van der Waals surface area contributed by atoms with E-state index in [1.807, 2.05) is 0 Å². The number of ether oxygens (including phenoxy) is 1. The zero-order chi connectivity index (χ0) is 12.0. The number of hydrogen-bond donors (Lipinski definition) is 0. The Kier molecular flexibility index (Phi) is 4.06. The summed E-state index contributed by atoms with van der Waals surface area (Å²) in [6, 6.07) is 5.37. The van der Waals surface area contributed by atoms with Gasteiger partial charge in [-0.15, -0.1) is 0 Å². The van der Waals surface area contributed by atoms with Gasteiger partial charge in [0.15, 0.2) is 0 Å². The van der Waals surface area contributed by atoms with Gasteiger partial charge >= 0.3 is 5.97 Å². The molecular formula is C10H8FN3O2. The lowest BCUT2D eigenvalue weighted by Crippen LogP contribution is -2.01. The van der Waals surface area contributed by atoms with Crippen LogP contribution in [-0.2, 0) is 9.53 Å². The highest BCUT2D eigenvalue weighted by atomic mass is 19.1. The molecule has 0 saturated heterocycles. The van der Waals surface area contributed by atoms with Gasteiger partial charge in [0.2, 0.25) is 0 Å². The topological polar surface area (TPSA) is 75.1 Å². The fraction of sp³-hybridized carbons (Fsp3) is 0.100. The van der Waals surface area contributed by atoms with Gasteiger partial charge in [-0.25, -0.2) is 9.18 Å². The van der Waals surface area contributed by atoms with Crippen molar-refractivity contribution in [3.8, 4) is 0 Å². The van der Waals surface area contributed by atoms with E-state index in [4.69, 9.17) is 5.53 Å². The zero-order valence-corrected chi connectivity index (χ0v) is 8.42. The molecule has 0 spiro atoms. The molecule has 0 radical (unpaired) electrons. The number of nitrogens with zero attached hydrogens (tertiary/aromatic N) is 3. The summed E-state index contributed by atoms with van der Waals surface area (Å²) in [5.41, 5.74) is 8.61. The maximum atomic E-state index is 12.6. The molecule has 1 rings (SSSR count). The number of methoxy groups -OCH3 is 1. The Morgan fingerprint density at radius 2 is 2.12 bits per heavy atom. The minimum absolute atomic E-state index is 0.184. The van der Waals surface area contributed by atoms with Crippen LogP contribution in [-0.4, -0.2) is 13.1 Å². The molecule has 0 aromatic heterocycles. The predicted molar refractivity (Wildman–Crippen MR) is 55.5 cm³/mol. The first-order valence-corrected chi connectivity index (χ1v) is 4.28. The lowest BCUT2D eigenvalue weighted by Gasteiger charge is -1.98. The van der Waals surface area contributed by atoms with E-state index in [9.17, 15) is 9.18 Å². The summed E-state index contributed by atoms with van der Waals surface area (Å²) in [6.45, 7) is 0. The van der Waals surface area contributed by atoms with Gasteiger partial charge in [0.05, 0.1) is 7.11 Å². The van der Waals surface area contributed by atoms with Crippen molar-refractivity contribution in [2.75, 3.05) is 7.11 Å². The van der Waals surface area contributed by atoms with E-state index in [-0.39, 0.29) is 11.5 Å². The van der Waals surface area contributed by atoms with Crippen LogP contribution in [0, 0.1) is 5.82 Å². The molecule has 0 aliphatic carbocycles. The first-order valence-electron chi connectivity index (χ1n) is 4.28. The van der Waals surface area contributed by atoms with E-state index in [2.05, 4.69) is 14.8 Å². The predicted octanol–water partition coefficient (Wildman–Crippen LogP) is 2.65. The summed E-state index contributed by atoms with van der Waals surface area (Å²) in [7, 11) is 1.17. The zero-order valence-electron chi connectivity index (χ0n) is 8.42. The molecule has 1 aromatic rings. The number of azide groups is 1. The number of carbonyl (C=O) groups excluding carboxylic acids is 1. The van der Waals surface area contributed by atoms with Gasteiger partial charge in [-0.2, -0.15) is 0 Å². The summed E-state index contributed by atoms with van der Waals surface area (Å²) in [5, 5.41) is 3.19. The molecule has 0 unspecified atom stereocenters. The third kappa shape index (κ3) is 3.11. The van der Waals surface area contributed by atoms with Gasteiger partial charge < -0.3 is 4.74 Å². The average molecular weight is 221 g/mol. The van der Waals surface area contributed by atoms with Crippen LogP contribution in [0.3, 0.4) is 0 Å². The van der Waals surface area contributed by atoms with Crippen molar-refractivity contribution in [2.45, 2.75) is 0 Å². The lowest BCUT2D eigenvalue weighted by molar-refractivity contribution is -0.136. The van der Waals surface area contributed by atoms with Crippen LogP contribution in [0.15, 0.2) is 35.1 Å². The van der Waals surface area contributed by atoms with Gasteiger partial charge in [0.1, 0.15) is 11.5 Å². The summed E-state index contributed by atoms with van der Waals surface area (Å²) in [4.78, 5) is 13.6. The molecule has 0 amide bonds. The second-order valence-electron chi connectivity index (χ2n) is 2.76. The number of benzene rings is 1. The number of esters is 1. The van der Waals surface area contributed by atoms with E-state index in [0.717, 1.165) is 0 Å². The third-order valence-electron chi connectivity index (χ3n) is 1.72. The van der Waals surface area contributed by atoms with Crippen molar-refractivity contribution in [3.63, 3.8) is 0 Å². The Labute approximate surface area is 90.8 Å². The molecule has 16 heavy (non-hydrogen) atoms. The van der Waals surface area contributed by atoms with Crippen LogP contribution in [0.1, 0.15) is 5.56 Å². The first kappa shape index (κ1) is 11.7. The Bertz CT molecular complexity index is 461. The molecule has 1 aromatic carbocycles. The maximum Gasteiger partial charge on any atom is 0.340 e. The molecule has 82 valence electrons. The highest BCUT2D eigenvalue weighted by Gasteiger charge is 2.06. The molecule has 0 saturated carbocycles. The van der Waals surface area contributed by atoms with Crippen molar-refractivity contribution in [1.82, 2.24) is 0 Å². The van der Waals surface area contributed by atoms with Gasteiger partial charge in [-0.05, 0) is 29.3 Å². The number of carbonyl (C=O) groups is 1. The van der Waals surface area contributed by atoms with Crippen LogP contribution >= 0.6 is 0 Å². The van der Waals surface area contributed by atoms with Crippen molar-refractivity contribution in [1.29, 1.82) is 0 Å². The highest BCUT2D eigenvalue weighted by molar-refractivity contribution is 5.93. The molecule has 5 nitrogen and oxygen atoms in total. The van der Waals surface area contributed by atoms with Gasteiger partial charge in [0, 0.05) is 4.91 Å². The second kappa shape index (κ2) is 5.53. The SMILES string of the molecule is COC(=O)/C(=C/c1ccc(F)cc1)N=[N+]=[N-]. The lowest BCUT2D eigenvalue weighted by atomic mass is 10.2. The van der Waals surface area contributed by atoms with Crippen LogP contribution in [0.25, 0.3) is 16.5 Å². The van der Waals surface area contributed by atoms with Crippen LogP contribution in [0.2, 0.25) is 0 Å². The molecule has 0 N–H and O–H groups in total. The number of rotatable bonds is 3. The minimum Gasteiger partial charge on any atom is -0.466 e. The quantitative estimate of drug-likeness (QED) is 0.258. The highest BCUT2D eigenvalue weighted by Crippen LogP contribution is 2.10. The van der Waals surface area contributed by atoms with E-state index in [0.29, 0.717) is 5.56 Å². The molecule has 0 aliphatic rings.